The number of ether oxygens (including phenoxy) is 1. The first-order valence-electron chi connectivity index (χ1n) is 4.23. The summed E-state index contributed by atoms with van der Waals surface area (Å²) in [5.74, 6) is 0.751. The highest BCUT2D eigenvalue weighted by Crippen LogP contribution is 2.15. The lowest BCUT2D eigenvalue weighted by Gasteiger charge is -2.04. The monoisotopic (exact) mass is 197 g/mol. The van der Waals surface area contributed by atoms with Crippen LogP contribution in [0, 0.1) is 0 Å². The molecule has 0 bridgehead atoms. The van der Waals surface area contributed by atoms with Crippen LogP contribution in [0.25, 0.3) is 0 Å². The van der Waals surface area contributed by atoms with Crippen LogP contribution in [-0.2, 0) is 4.79 Å². The number of hydrogen-bond acceptors (Lipinski definition) is 2. The van der Waals surface area contributed by atoms with Crippen LogP contribution in [0.1, 0.15) is 13.8 Å². The topological polar surface area (TPSA) is 74.8 Å². The molecule has 1 aromatic rings. The number of hydrogen-bond donors (Lipinski definition) is 2. The van der Waals surface area contributed by atoms with Crippen LogP contribution in [0.15, 0.2) is 24.3 Å². The van der Waals surface area contributed by atoms with Crippen molar-refractivity contribution in [3.8, 4) is 5.75 Å². The summed E-state index contributed by atoms with van der Waals surface area (Å²) in [5.41, 5.74) is 0.788. The number of carbonyl (C=O) groups excluding carboxylic acids is 1. The summed E-state index contributed by atoms with van der Waals surface area (Å²) in [6.45, 7) is 4.07. The van der Waals surface area contributed by atoms with Gasteiger partial charge in [0, 0.05) is 12.6 Å². The largest absolute Gasteiger partial charge is 0.494 e. The first-order valence-corrected chi connectivity index (χ1v) is 4.23. The fraction of sp³-hybridized carbons (Fsp3) is 0.300. The number of anilines is 1. The Morgan fingerprint density at radius 2 is 1.93 bits per heavy atom. The van der Waals surface area contributed by atoms with Crippen molar-refractivity contribution >= 4 is 11.6 Å². The summed E-state index contributed by atoms with van der Waals surface area (Å²) in [7, 11) is 0. The lowest BCUT2D eigenvalue weighted by atomic mass is 10.3. The molecule has 0 aromatic heterocycles. The smallest absolute Gasteiger partial charge is 0.221 e. The summed E-state index contributed by atoms with van der Waals surface area (Å²) < 4.78 is 5.25. The van der Waals surface area contributed by atoms with Gasteiger partial charge in [-0.2, -0.15) is 0 Å². The number of quaternary nitrogens is 1. The van der Waals surface area contributed by atoms with E-state index in [2.05, 4.69) is 5.32 Å². The summed E-state index contributed by atoms with van der Waals surface area (Å²) in [6.07, 6.45) is 0. The highest BCUT2D eigenvalue weighted by atomic mass is 16.5. The Labute approximate surface area is 83.9 Å². The van der Waals surface area contributed by atoms with Crippen molar-refractivity contribution in [2.75, 3.05) is 11.9 Å². The van der Waals surface area contributed by atoms with Crippen LogP contribution >= 0.6 is 0 Å². The third-order valence-corrected chi connectivity index (χ3v) is 1.49. The van der Waals surface area contributed by atoms with Gasteiger partial charge in [-0.15, -0.1) is 0 Å². The Morgan fingerprint density at radius 3 is 2.36 bits per heavy atom. The fourth-order valence-electron chi connectivity index (χ4n) is 1.00. The molecule has 5 N–H and O–H groups in total. The molecule has 78 valence electrons. The van der Waals surface area contributed by atoms with E-state index in [0.29, 0.717) is 6.61 Å². The molecule has 0 aliphatic rings. The molecule has 0 saturated heterocycles. The van der Waals surface area contributed by atoms with E-state index in [0.717, 1.165) is 11.4 Å². The zero-order valence-electron chi connectivity index (χ0n) is 8.83. The highest BCUT2D eigenvalue weighted by Gasteiger charge is 1.95. The van der Waals surface area contributed by atoms with E-state index in [4.69, 9.17) is 4.74 Å². The zero-order valence-corrected chi connectivity index (χ0v) is 8.83. The lowest BCUT2D eigenvalue weighted by molar-refractivity contribution is -0.114. The Balaban J connectivity index is 0.00000169. The van der Waals surface area contributed by atoms with Crippen molar-refractivity contribution in [2.24, 2.45) is 0 Å². The Bertz CT molecular complexity index is 283. The summed E-state index contributed by atoms with van der Waals surface area (Å²) in [6, 6.07) is 7.28. The van der Waals surface area contributed by atoms with Gasteiger partial charge in [0.25, 0.3) is 0 Å². The number of amides is 1. The van der Waals surface area contributed by atoms with Gasteiger partial charge < -0.3 is 16.2 Å². The molecular formula is C10H17N2O2+. The van der Waals surface area contributed by atoms with Gasteiger partial charge in [0.1, 0.15) is 5.75 Å². The third-order valence-electron chi connectivity index (χ3n) is 1.49. The average Bonchev–Trinajstić information content (AvgIpc) is 2.08. The first-order chi connectivity index (χ1) is 6.22. The second-order valence-electron chi connectivity index (χ2n) is 2.64. The summed E-state index contributed by atoms with van der Waals surface area (Å²) in [4.78, 5) is 10.7. The highest BCUT2D eigenvalue weighted by molar-refractivity contribution is 5.88. The standard InChI is InChI=1S/C10H13NO2.H3N/c1-3-13-10-6-4-9(5-7-10)11-8(2)12;/h4-7H,3H2,1-2H3,(H,11,12);1H3/p+1. The lowest BCUT2D eigenvalue weighted by Crippen LogP contribution is -2.05. The molecule has 14 heavy (non-hydrogen) atoms. The predicted molar refractivity (Wildman–Crippen MR) is 57.9 cm³/mol. The molecule has 0 radical (unpaired) electrons. The summed E-state index contributed by atoms with van der Waals surface area (Å²) in [5, 5.41) is 2.68. The van der Waals surface area contributed by atoms with Crippen LogP contribution in [0.3, 0.4) is 0 Å². The molecule has 4 heteroatoms. The van der Waals surface area contributed by atoms with E-state index in [1.54, 1.807) is 0 Å². The van der Waals surface area contributed by atoms with Gasteiger partial charge in [-0.3, -0.25) is 4.79 Å². The fourth-order valence-corrected chi connectivity index (χ4v) is 1.00. The normalized spacial score (nSPS) is 8.71. The van der Waals surface area contributed by atoms with Gasteiger partial charge in [-0.25, -0.2) is 0 Å². The number of benzene rings is 1. The molecular weight excluding hydrogens is 180 g/mol. The number of rotatable bonds is 3. The van der Waals surface area contributed by atoms with E-state index in [1.807, 2.05) is 31.2 Å². The summed E-state index contributed by atoms with van der Waals surface area (Å²) >= 11 is 0. The Kier molecular flexibility index (Phi) is 5.33. The molecule has 0 fully saturated rings. The maximum Gasteiger partial charge on any atom is 0.221 e. The van der Waals surface area contributed by atoms with Gasteiger partial charge in [0.2, 0.25) is 5.91 Å². The molecule has 0 aliphatic carbocycles. The number of nitrogens with one attached hydrogen (secondary N) is 1. The van der Waals surface area contributed by atoms with E-state index < -0.39 is 0 Å². The van der Waals surface area contributed by atoms with Crippen molar-refractivity contribution in [1.82, 2.24) is 6.15 Å². The van der Waals surface area contributed by atoms with Gasteiger partial charge in [-0.05, 0) is 31.2 Å². The van der Waals surface area contributed by atoms with Crippen molar-refractivity contribution in [2.45, 2.75) is 13.8 Å². The van der Waals surface area contributed by atoms with Crippen molar-refractivity contribution in [1.29, 1.82) is 0 Å². The third kappa shape index (κ3) is 3.91. The van der Waals surface area contributed by atoms with Gasteiger partial charge >= 0.3 is 0 Å². The first kappa shape index (κ1) is 12.4. The zero-order chi connectivity index (χ0) is 9.68. The molecule has 4 nitrogen and oxygen atoms in total. The van der Waals surface area contributed by atoms with Crippen LogP contribution < -0.4 is 16.2 Å². The molecule has 0 unspecified atom stereocenters. The Hall–Kier alpha value is -1.55. The number of carbonyl (C=O) groups is 1. The molecule has 0 saturated carbocycles. The maximum atomic E-state index is 10.7. The molecule has 0 heterocycles. The van der Waals surface area contributed by atoms with Gasteiger partial charge in [0.05, 0.1) is 6.61 Å². The van der Waals surface area contributed by atoms with E-state index in [1.165, 1.54) is 6.92 Å². The van der Waals surface area contributed by atoms with Crippen LogP contribution in [0.5, 0.6) is 5.75 Å². The molecule has 0 spiro atoms. The van der Waals surface area contributed by atoms with Crippen LogP contribution in [0.4, 0.5) is 5.69 Å². The van der Waals surface area contributed by atoms with Crippen molar-refractivity contribution < 1.29 is 9.53 Å². The second-order valence-corrected chi connectivity index (χ2v) is 2.64. The molecule has 0 aliphatic heterocycles. The predicted octanol–water partition coefficient (Wildman–Crippen LogP) is 2.42. The molecule has 1 amide bonds. The quantitative estimate of drug-likeness (QED) is 0.780. The van der Waals surface area contributed by atoms with E-state index in [9.17, 15) is 4.79 Å². The van der Waals surface area contributed by atoms with E-state index >= 15 is 0 Å². The molecule has 1 rings (SSSR count). The SMILES string of the molecule is CCOc1ccc(NC(C)=O)cc1.[NH4+]. The minimum atomic E-state index is -0.0656. The van der Waals surface area contributed by atoms with Crippen molar-refractivity contribution in [3.05, 3.63) is 24.3 Å². The van der Waals surface area contributed by atoms with Gasteiger partial charge in [-0.1, -0.05) is 0 Å². The maximum absolute atomic E-state index is 10.7. The van der Waals surface area contributed by atoms with Crippen LogP contribution in [-0.4, -0.2) is 12.5 Å². The minimum Gasteiger partial charge on any atom is -0.494 e. The van der Waals surface area contributed by atoms with E-state index in [-0.39, 0.29) is 12.1 Å². The van der Waals surface area contributed by atoms with Crippen LogP contribution in [0.2, 0.25) is 0 Å². The molecule has 1 aromatic carbocycles. The molecule has 0 atom stereocenters. The Morgan fingerprint density at radius 1 is 1.36 bits per heavy atom. The second kappa shape index (κ2) is 5.99. The van der Waals surface area contributed by atoms with Crippen molar-refractivity contribution in [3.63, 3.8) is 0 Å². The average molecular weight is 197 g/mol. The van der Waals surface area contributed by atoms with Gasteiger partial charge in [0.15, 0.2) is 0 Å². The minimum absolute atomic E-state index is 0.